The Hall–Kier alpha value is -1.76. The lowest BCUT2D eigenvalue weighted by atomic mass is 10.4. The third-order valence-corrected chi connectivity index (χ3v) is 2.62. The average molecular weight is 274 g/mol. The Morgan fingerprint density at radius 1 is 1.17 bits per heavy atom. The molecule has 0 amide bonds. The Morgan fingerprint density at radius 3 is 2.61 bits per heavy atom. The second kappa shape index (κ2) is 7.54. The molecule has 100 valence electrons. The summed E-state index contributed by atoms with van der Waals surface area (Å²) in [6, 6.07) is 1.68. The molecule has 1 aromatic rings. The first-order chi connectivity index (χ1) is 8.69. The molecule has 1 heterocycles. The summed E-state index contributed by atoms with van der Waals surface area (Å²) in [5.41, 5.74) is 0. The van der Waals surface area contributed by atoms with Crippen LogP contribution in [0.4, 0.5) is 4.79 Å². The number of thiophene rings is 1. The molecule has 18 heavy (non-hydrogen) atoms. The summed E-state index contributed by atoms with van der Waals surface area (Å²) >= 11 is 1.20. The summed E-state index contributed by atoms with van der Waals surface area (Å²) in [4.78, 5) is 22.8. The monoisotopic (exact) mass is 274 g/mol. The van der Waals surface area contributed by atoms with Gasteiger partial charge in [0.25, 0.3) is 0 Å². The van der Waals surface area contributed by atoms with Crippen molar-refractivity contribution in [2.75, 3.05) is 20.0 Å². The van der Waals surface area contributed by atoms with Crippen LogP contribution >= 0.6 is 11.3 Å². The van der Waals surface area contributed by atoms with Gasteiger partial charge in [-0.25, -0.2) is 9.59 Å². The van der Waals surface area contributed by atoms with E-state index in [-0.39, 0.29) is 6.61 Å². The van der Waals surface area contributed by atoms with E-state index < -0.39 is 18.9 Å². The average Bonchev–Trinajstić information content (AvgIpc) is 2.78. The molecule has 0 atom stereocenters. The first-order valence-corrected chi connectivity index (χ1v) is 6.24. The Bertz CT molecular complexity index is 400. The van der Waals surface area contributed by atoms with Crippen LogP contribution in [-0.2, 0) is 14.2 Å². The lowest BCUT2D eigenvalue weighted by molar-refractivity contribution is -0.0260. The van der Waals surface area contributed by atoms with Crippen molar-refractivity contribution in [3.63, 3.8) is 0 Å². The summed E-state index contributed by atoms with van der Waals surface area (Å²) in [5, 5.41) is 1.72. The maximum atomic E-state index is 11.6. The third-order valence-electron chi connectivity index (χ3n) is 1.74. The lowest BCUT2D eigenvalue weighted by Gasteiger charge is -2.06. The molecule has 0 saturated heterocycles. The van der Waals surface area contributed by atoms with Crippen molar-refractivity contribution in [1.29, 1.82) is 0 Å². The highest BCUT2D eigenvalue weighted by Crippen LogP contribution is 2.25. The molecular formula is C11H14O6S. The van der Waals surface area contributed by atoms with E-state index in [2.05, 4.69) is 9.47 Å². The number of carbonyl (C=O) groups excluding carboxylic acids is 2. The molecule has 0 unspecified atom stereocenters. The van der Waals surface area contributed by atoms with Crippen molar-refractivity contribution in [2.24, 2.45) is 0 Å². The number of rotatable bonds is 6. The van der Waals surface area contributed by atoms with E-state index >= 15 is 0 Å². The van der Waals surface area contributed by atoms with Gasteiger partial charge in [-0.05, 0) is 25.3 Å². The number of hydrogen-bond donors (Lipinski definition) is 0. The zero-order valence-corrected chi connectivity index (χ0v) is 11.0. The standard InChI is InChI=1S/C11H14O6S/c1-3-14-8-5-6-18-9(8)10(12)16-7-17-11(13)15-4-2/h5-6H,3-4,7H2,1-2H3. The van der Waals surface area contributed by atoms with E-state index in [4.69, 9.17) is 9.47 Å². The van der Waals surface area contributed by atoms with E-state index in [0.717, 1.165) is 0 Å². The van der Waals surface area contributed by atoms with Crippen LogP contribution in [0.1, 0.15) is 23.5 Å². The van der Waals surface area contributed by atoms with Crippen molar-refractivity contribution in [1.82, 2.24) is 0 Å². The molecule has 0 spiro atoms. The summed E-state index contributed by atoms with van der Waals surface area (Å²) in [5.74, 6) is -0.138. The van der Waals surface area contributed by atoms with E-state index in [9.17, 15) is 9.59 Å². The topological polar surface area (TPSA) is 71.1 Å². The highest BCUT2D eigenvalue weighted by atomic mass is 32.1. The van der Waals surface area contributed by atoms with Gasteiger partial charge in [0, 0.05) is 0 Å². The zero-order chi connectivity index (χ0) is 13.4. The Labute approximate surface area is 108 Å². The molecule has 0 radical (unpaired) electrons. The first kappa shape index (κ1) is 14.3. The van der Waals surface area contributed by atoms with Gasteiger partial charge in [0.15, 0.2) is 4.88 Å². The molecule has 0 aliphatic rings. The number of hydrogen-bond acceptors (Lipinski definition) is 7. The number of esters is 1. The highest BCUT2D eigenvalue weighted by Gasteiger charge is 2.16. The molecule has 0 aliphatic carbocycles. The quantitative estimate of drug-likeness (QED) is 0.586. The van der Waals surface area contributed by atoms with Crippen molar-refractivity contribution >= 4 is 23.5 Å². The van der Waals surface area contributed by atoms with Crippen molar-refractivity contribution in [3.05, 3.63) is 16.3 Å². The largest absolute Gasteiger partial charge is 0.511 e. The van der Waals surface area contributed by atoms with Crippen molar-refractivity contribution < 1.29 is 28.5 Å². The maximum absolute atomic E-state index is 11.6. The molecular weight excluding hydrogens is 260 g/mol. The van der Waals surface area contributed by atoms with Crippen LogP contribution in [0.2, 0.25) is 0 Å². The van der Waals surface area contributed by atoms with Gasteiger partial charge in [-0.2, -0.15) is 0 Å². The van der Waals surface area contributed by atoms with Crippen LogP contribution < -0.4 is 4.74 Å². The molecule has 0 aliphatic heterocycles. The molecule has 0 bridgehead atoms. The molecule has 1 aromatic heterocycles. The normalized spacial score (nSPS) is 9.67. The number of carbonyl (C=O) groups is 2. The van der Waals surface area contributed by atoms with Crippen molar-refractivity contribution in [3.8, 4) is 5.75 Å². The predicted molar refractivity (Wildman–Crippen MR) is 63.9 cm³/mol. The van der Waals surface area contributed by atoms with Gasteiger partial charge < -0.3 is 18.9 Å². The minimum absolute atomic E-state index is 0.201. The summed E-state index contributed by atoms with van der Waals surface area (Å²) in [6.45, 7) is 3.63. The van der Waals surface area contributed by atoms with Crippen LogP contribution in [0, 0.1) is 0 Å². The fourth-order valence-electron chi connectivity index (χ4n) is 1.07. The van der Waals surface area contributed by atoms with Crippen LogP contribution in [0.15, 0.2) is 11.4 Å². The zero-order valence-electron chi connectivity index (χ0n) is 10.1. The van der Waals surface area contributed by atoms with E-state index in [0.29, 0.717) is 17.2 Å². The molecule has 0 N–H and O–H groups in total. The Morgan fingerprint density at radius 2 is 1.94 bits per heavy atom. The molecule has 0 fully saturated rings. The molecule has 7 heteroatoms. The van der Waals surface area contributed by atoms with E-state index in [1.165, 1.54) is 11.3 Å². The minimum atomic E-state index is -0.874. The summed E-state index contributed by atoms with van der Waals surface area (Å²) < 4.78 is 19.0. The van der Waals surface area contributed by atoms with E-state index in [1.807, 2.05) is 6.92 Å². The Kier molecular flexibility index (Phi) is 5.99. The fourth-order valence-corrected chi connectivity index (χ4v) is 1.80. The number of ether oxygens (including phenoxy) is 4. The maximum Gasteiger partial charge on any atom is 0.511 e. The smallest absolute Gasteiger partial charge is 0.492 e. The molecule has 0 aromatic carbocycles. The van der Waals surface area contributed by atoms with Gasteiger partial charge in [-0.3, -0.25) is 0 Å². The third kappa shape index (κ3) is 4.25. The predicted octanol–water partition coefficient (Wildman–Crippen LogP) is 2.43. The molecule has 6 nitrogen and oxygen atoms in total. The molecule has 1 rings (SSSR count). The first-order valence-electron chi connectivity index (χ1n) is 5.36. The second-order valence-electron chi connectivity index (χ2n) is 2.92. The van der Waals surface area contributed by atoms with Gasteiger partial charge in [0.05, 0.1) is 13.2 Å². The summed E-state index contributed by atoms with van der Waals surface area (Å²) in [7, 11) is 0. The Balaban J connectivity index is 2.40. The van der Waals surface area contributed by atoms with Gasteiger partial charge in [0.2, 0.25) is 6.79 Å². The minimum Gasteiger partial charge on any atom is -0.492 e. The van der Waals surface area contributed by atoms with Gasteiger partial charge in [-0.15, -0.1) is 11.3 Å². The second-order valence-corrected chi connectivity index (χ2v) is 3.84. The molecule has 0 saturated carbocycles. The SMILES string of the molecule is CCOC(=O)OCOC(=O)c1sccc1OCC. The lowest BCUT2D eigenvalue weighted by Crippen LogP contribution is -2.13. The van der Waals surface area contributed by atoms with E-state index in [1.54, 1.807) is 18.4 Å². The van der Waals surface area contributed by atoms with Crippen LogP contribution in [0.25, 0.3) is 0 Å². The van der Waals surface area contributed by atoms with Gasteiger partial charge in [-0.1, -0.05) is 0 Å². The highest BCUT2D eigenvalue weighted by molar-refractivity contribution is 7.12. The van der Waals surface area contributed by atoms with Crippen LogP contribution in [-0.4, -0.2) is 32.1 Å². The fraction of sp³-hybridized carbons (Fsp3) is 0.455. The van der Waals surface area contributed by atoms with Crippen LogP contribution in [0.5, 0.6) is 5.75 Å². The van der Waals surface area contributed by atoms with Crippen molar-refractivity contribution in [2.45, 2.75) is 13.8 Å². The van der Waals surface area contributed by atoms with Crippen LogP contribution in [0.3, 0.4) is 0 Å². The van der Waals surface area contributed by atoms with Gasteiger partial charge >= 0.3 is 12.1 Å². The van der Waals surface area contributed by atoms with Gasteiger partial charge in [0.1, 0.15) is 5.75 Å². The summed E-state index contributed by atoms with van der Waals surface area (Å²) in [6.07, 6.45) is -0.874.